The molecule has 0 atom stereocenters. The van der Waals surface area contributed by atoms with Crippen LogP contribution in [0.1, 0.15) is 33.3 Å². The first kappa shape index (κ1) is 18.2. The molecule has 0 aliphatic rings. The van der Waals surface area contributed by atoms with Gasteiger partial charge in [0.1, 0.15) is 11.8 Å². The molecule has 0 radical (unpaired) electrons. The number of phenols is 1. The van der Waals surface area contributed by atoms with Crippen LogP contribution in [0.2, 0.25) is 0 Å². The van der Waals surface area contributed by atoms with Crippen LogP contribution in [0.5, 0.6) is 5.75 Å². The molecule has 1 rings (SSSR count). The summed E-state index contributed by atoms with van der Waals surface area (Å²) in [4.78, 5) is 0. The van der Waals surface area contributed by atoms with Crippen LogP contribution in [0.3, 0.4) is 0 Å². The minimum atomic E-state index is -0.0671. The number of phenolic OH excluding ortho intramolecular Hbond substituents is 1. The highest BCUT2D eigenvalue weighted by Gasteiger charge is 1.97. The van der Waals surface area contributed by atoms with Gasteiger partial charge in [-0.15, -0.1) is 6.58 Å². The van der Waals surface area contributed by atoms with Gasteiger partial charge in [-0.3, -0.25) is 0 Å². The summed E-state index contributed by atoms with van der Waals surface area (Å²) in [5.74, 6) is -0.0671. The minimum absolute atomic E-state index is 0.0671. The topological polar surface area (TPSA) is 70.0 Å². The number of nitriles is 1. The van der Waals surface area contributed by atoms with Crippen molar-refractivity contribution in [2.75, 3.05) is 5.73 Å². The molecule has 0 heterocycles. The van der Waals surface area contributed by atoms with Crippen molar-refractivity contribution in [3.8, 4) is 11.8 Å². The molecule has 0 aliphatic carbocycles. The third-order valence-corrected chi connectivity index (χ3v) is 1.72. The second-order valence-corrected chi connectivity index (χ2v) is 3.66. The number of benzene rings is 1. The molecule has 0 aromatic heterocycles. The summed E-state index contributed by atoms with van der Waals surface area (Å²) in [6, 6.07) is 6.21. The van der Waals surface area contributed by atoms with Gasteiger partial charge in [0.25, 0.3) is 0 Å². The van der Waals surface area contributed by atoms with E-state index in [0.29, 0.717) is 5.69 Å². The fourth-order valence-corrected chi connectivity index (χ4v) is 0.643. The number of hydrogen-bond donors (Lipinski definition) is 2. The molecule has 0 saturated heterocycles. The molecule has 0 fully saturated rings. The highest BCUT2D eigenvalue weighted by molar-refractivity contribution is 5.52. The average molecular weight is 246 g/mol. The van der Waals surface area contributed by atoms with Gasteiger partial charge in [-0.2, -0.15) is 5.26 Å². The van der Waals surface area contributed by atoms with E-state index in [1.807, 2.05) is 19.9 Å². The molecule has 3 nitrogen and oxygen atoms in total. The number of nitrogens with zero attached hydrogens (tertiary/aromatic N) is 1. The molecular weight excluding hydrogens is 224 g/mol. The number of nitrogens with two attached hydrogens (primary N) is 1. The lowest BCUT2D eigenvalue weighted by atomic mass is 10.2. The van der Waals surface area contributed by atoms with Crippen molar-refractivity contribution in [3.63, 3.8) is 0 Å². The van der Waals surface area contributed by atoms with Crippen molar-refractivity contribution in [2.24, 2.45) is 0 Å². The van der Waals surface area contributed by atoms with E-state index in [0.717, 1.165) is 0 Å². The summed E-state index contributed by atoms with van der Waals surface area (Å²) in [6.45, 7) is 11.5. The summed E-state index contributed by atoms with van der Waals surface area (Å²) >= 11 is 0. The van der Waals surface area contributed by atoms with Gasteiger partial charge in [-0.1, -0.05) is 17.7 Å². The normalized spacial score (nSPS) is 7.50. The number of hydrogen-bond acceptors (Lipinski definition) is 3. The fraction of sp³-hybridized carbons (Fsp3) is 0.267. The van der Waals surface area contributed by atoms with E-state index in [9.17, 15) is 0 Å². The predicted octanol–water partition coefficient (Wildman–Crippen LogP) is 4.01. The Hall–Kier alpha value is -2.21. The molecule has 1 aromatic rings. The lowest BCUT2D eigenvalue weighted by molar-refractivity contribution is 0.474. The molecule has 0 spiro atoms. The summed E-state index contributed by atoms with van der Waals surface area (Å²) in [5, 5.41) is 17.3. The minimum Gasteiger partial charge on any atom is -0.506 e. The maximum Gasteiger partial charge on any atom is 0.135 e. The zero-order valence-corrected chi connectivity index (χ0v) is 11.6. The molecule has 3 N–H and O–H groups in total. The molecule has 0 amide bonds. The van der Waals surface area contributed by atoms with Gasteiger partial charge in [0.05, 0.1) is 5.56 Å². The Morgan fingerprint density at radius 1 is 1.39 bits per heavy atom. The standard InChI is InChI=1S/C7H6N2O.C5H10.C3H6/c8-4-5-1-2-6(9)3-7(5)10;1-4-5(2)3;1-3-2/h1-3,10H,9H2;4H,1-3H3;3H,1H2,2H3. The molecule has 0 saturated carbocycles. The van der Waals surface area contributed by atoms with Crippen LogP contribution in [-0.2, 0) is 0 Å². The number of anilines is 1. The first-order valence-corrected chi connectivity index (χ1v) is 5.58. The molecule has 0 bridgehead atoms. The molecule has 98 valence electrons. The van der Waals surface area contributed by atoms with Crippen molar-refractivity contribution in [1.82, 2.24) is 0 Å². The van der Waals surface area contributed by atoms with Gasteiger partial charge in [0.2, 0.25) is 0 Å². The molecule has 0 aliphatic heterocycles. The zero-order chi connectivity index (χ0) is 14.6. The van der Waals surface area contributed by atoms with Crippen LogP contribution in [0.25, 0.3) is 0 Å². The van der Waals surface area contributed by atoms with Crippen molar-refractivity contribution in [1.29, 1.82) is 5.26 Å². The van der Waals surface area contributed by atoms with Gasteiger partial charge in [0, 0.05) is 11.8 Å². The van der Waals surface area contributed by atoms with Crippen LogP contribution < -0.4 is 5.73 Å². The Labute approximate surface area is 110 Å². The fourth-order valence-electron chi connectivity index (χ4n) is 0.643. The summed E-state index contributed by atoms with van der Waals surface area (Å²) in [7, 11) is 0. The van der Waals surface area contributed by atoms with Crippen molar-refractivity contribution in [3.05, 3.63) is 48.1 Å². The summed E-state index contributed by atoms with van der Waals surface area (Å²) in [5.41, 5.74) is 7.39. The first-order valence-electron chi connectivity index (χ1n) is 5.58. The summed E-state index contributed by atoms with van der Waals surface area (Å²) in [6.07, 6.45) is 3.83. The molecule has 18 heavy (non-hydrogen) atoms. The number of nitrogen functional groups attached to an aromatic ring is 1. The Kier molecular flexibility index (Phi) is 11.4. The summed E-state index contributed by atoms with van der Waals surface area (Å²) < 4.78 is 0. The third kappa shape index (κ3) is 10.3. The van der Waals surface area contributed by atoms with E-state index in [1.54, 1.807) is 12.1 Å². The SMILES string of the molecule is C=CC.CC=C(C)C.N#Cc1ccc(N)cc1O. The van der Waals surface area contributed by atoms with Crippen LogP contribution in [-0.4, -0.2) is 5.11 Å². The lowest BCUT2D eigenvalue weighted by Gasteiger charge is -1.95. The number of rotatable bonds is 0. The smallest absolute Gasteiger partial charge is 0.135 e. The maximum atomic E-state index is 8.99. The Bertz CT molecular complexity index is 425. The van der Waals surface area contributed by atoms with Crippen molar-refractivity contribution >= 4 is 5.69 Å². The van der Waals surface area contributed by atoms with E-state index in [1.165, 1.54) is 17.7 Å². The molecule has 3 heteroatoms. The van der Waals surface area contributed by atoms with Gasteiger partial charge < -0.3 is 10.8 Å². The van der Waals surface area contributed by atoms with E-state index in [2.05, 4.69) is 26.5 Å². The van der Waals surface area contributed by atoms with Gasteiger partial charge in [-0.25, -0.2) is 0 Å². The van der Waals surface area contributed by atoms with E-state index >= 15 is 0 Å². The first-order chi connectivity index (χ1) is 8.42. The van der Waals surface area contributed by atoms with Crippen molar-refractivity contribution in [2.45, 2.75) is 27.7 Å². The van der Waals surface area contributed by atoms with Gasteiger partial charge >= 0.3 is 0 Å². The average Bonchev–Trinajstić information content (AvgIpc) is 2.31. The van der Waals surface area contributed by atoms with Crippen molar-refractivity contribution < 1.29 is 5.11 Å². The number of aromatic hydroxyl groups is 1. The van der Waals surface area contributed by atoms with Crippen LogP contribution >= 0.6 is 0 Å². The Morgan fingerprint density at radius 3 is 2.11 bits per heavy atom. The van der Waals surface area contributed by atoms with Gasteiger partial charge in [0.15, 0.2) is 0 Å². The lowest BCUT2D eigenvalue weighted by Crippen LogP contribution is -1.84. The molecule has 1 aromatic carbocycles. The van der Waals surface area contributed by atoms with E-state index < -0.39 is 0 Å². The number of allylic oxidation sites excluding steroid dienone is 3. The molecule has 0 unspecified atom stereocenters. The monoisotopic (exact) mass is 246 g/mol. The Balaban J connectivity index is 0. The maximum absolute atomic E-state index is 8.99. The highest BCUT2D eigenvalue weighted by atomic mass is 16.3. The predicted molar refractivity (Wildman–Crippen MR) is 78.2 cm³/mol. The van der Waals surface area contributed by atoms with E-state index in [4.69, 9.17) is 16.1 Å². The largest absolute Gasteiger partial charge is 0.506 e. The molecular formula is C15H22N2O. The second kappa shape index (κ2) is 11.3. The Morgan fingerprint density at radius 2 is 1.83 bits per heavy atom. The second-order valence-electron chi connectivity index (χ2n) is 3.66. The zero-order valence-electron chi connectivity index (χ0n) is 11.6. The van der Waals surface area contributed by atoms with E-state index in [-0.39, 0.29) is 11.3 Å². The van der Waals surface area contributed by atoms with Gasteiger partial charge in [-0.05, 0) is 39.8 Å². The van der Waals surface area contributed by atoms with Crippen LogP contribution in [0, 0.1) is 11.3 Å². The third-order valence-electron chi connectivity index (χ3n) is 1.72. The quantitative estimate of drug-likeness (QED) is 0.536. The van der Waals surface area contributed by atoms with Crippen LogP contribution in [0.15, 0.2) is 42.5 Å². The van der Waals surface area contributed by atoms with Crippen LogP contribution in [0.4, 0.5) is 5.69 Å². The highest BCUT2D eigenvalue weighted by Crippen LogP contribution is 2.18.